The summed E-state index contributed by atoms with van der Waals surface area (Å²) in [6.45, 7) is 2.58. The van der Waals surface area contributed by atoms with Gasteiger partial charge in [-0.1, -0.05) is 42.0 Å². The van der Waals surface area contributed by atoms with Crippen molar-refractivity contribution in [1.29, 1.82) is 0 Å². The molecule has 1 atom stereocenters. The highest BCUT2D eigenvalue weighted by Crippen LogP contribution is 2.30. The predicted molar refractivity (Wildman–Crippen MR) is 126 cm³/mol. The number of nitrogens with zero attached hydrogens (tertiary/aromatic N) is 1. The molecule has 5 nitrogen and oxygen atoms in total. The number of carbonyl (C=O) groups excluding carboxylic acids is 2. The summed E-state index contributed by atoms with van der Waals surface area (Å²) in [5.74, 6) is -0.225. The average Bonchev–Trinajstić information content (AvgIpc) is 2.80. The Morgan fingerprint density at radius 2 is 1.68 bits per heavy atom. The van der Waals surface area contributed by atoms with E-state index in [9.17, 15) is 22.8 Å². The minimum absolute atomic E-state index is 0.206. The monoisotopic (exact) mass is 467 g/mol. The molecule has 0 aliphatic carbocycles. The summed E-state index contributed by atoms with van der Waals surface area (Å²) in [5.41, 5.74) is 3.45. The highest BCUT2D eigenvalue weighted by molar-refractivity contribution is 6.01. The Balaban J connectivity index is 1.39. The normalized spacial score (nSPS) is 16.3. The first-order chi connectivity index (χ1) is 16.2. The molecule has 1 aliphatic heterocycles. The van der Waals surface area contributed by atoms with Gasteiger partial charge in [-0.2, -0.15) is 13.2 Å². The lowest BCUT2D eigenvalue weighted by atomic mass is 10.0. The summed E-state index contributed by atoms with van der Waals surface area (Å²) >= 11 is 0. The van der Waals surface area contributed by atoms with Crippen molar-refractivity contribution in [1.82, 2.24) is 5.32 Å². The van der Waals surface area contributed by atoms with Crippen LogP contribution in [0.5, 0.6) is 0 Å². The number of benzene rings is 3. The SMILES string of the molecule is Cc1cccc(-c2ccc(N3CCCC(NC(=O)Nc4ccc(C(F)(F)F)cc4)C3=O)cc2)c1. The molecule has 4 rings (SSSR count). The summed E-state index contributed by atoms with van der Waals surface area (Å²) in [5, 5.41) is 5.13. The smallest absolute Gasteiger partial charge is 0.326 e. The third-order valence-corrected chi connectivity index (χ3v) is 5.74. The van der Waals surface area contributed by atoms with E-state index in [0.29, 0.717) is 19.4 Å². The molecule has 176 valence electrons. The summed E-state index contributed by atoms with van der Waals surface area (Å²) < 4.78 is 38.1. The molecule has 0 saturated carbocycles. The Bertz CT molecular complexity index is 1180. The topological polar surface area (TPSA) is 61.4 Å². The maximum absolute atomic E-state index is 13.0. The fraction of sp³-hybridized carbons (Fsp3) is 0.231. The molecule has 8 heteroatoms. The second kappa shape index (κ2) is 9.59. The fourth-order valence-electron chi connectivity index (χ4n) is 3.99. The molecule has 3 aromatic carbocycles. The standard InChI is InChI=1S/C26H24F3N3O2/c1-17-4-2-5-19(16-17)18-7-13-22(14-8-18)32-15-3-6-23(24(32)33)31-25(34)30-21-11-9-20(10-12-21)26(27,28)29/h2,4-5,7-14,16,23H,3,6,15H2,1H3,(H2,30,31,34). The van der Waals surface area contributed by atoms with Crippen molar-refractivity contribution in [2.24, 2.45) is 0 Å². The van der Waals surface area contributed by atoms with E-state index in [1.54, 1.807) is 4.90 Å². The van der Waals surface area contributed by atoms with Crippen LogP contribution in [0.25, 0.3) is 11.1 Å². The van der Waals surface area contributed by atoms with Crippen LogP contribution in [0.15, 0.2) is 72.8 Å². The number of carbonyl (C=O) groups is 2. The van der Waals surface area contributed by atoms with Gasteiger partial charge in [-0.15, -0.1) is 0 Å². The first-order valence-corrected chi connectivity index (χ1v) is 10.9. The Kier molecular flexibility index (Phi) is 6.58. The maximum atomic E-state index is 13.0. The number of aryl methyl sites for hydroxylation is 1. The minimum Gasteiger partial charge on any atom is -0.326 e. The quantitative estimate of drug-likeness (QED) is 0.495. The molecule has 0 bridgehead atoms. The van der Waals surface area contributed by atoms with E-state index in [1.807, 2.05) is 49.4 Å². The number of anilines is 2. The van der Waals surface area contributed by atoms with Gasteiger partial charge in [-0.05, 0) is 67.3 Å². The van der Waals surface area contributed by atoms with E-state index in [1.165, 1.54) is 12.1 Å². The first-order valence-electron chi connectivity index (χ1n) is 10.9. The Morgan fingerprint density at radius 3 is 2.32 bits per heavy atom. The molecule has 3 amide bonds. The molecule has 1 heterocycles. The largest absolute Gasteiger partial charge is 0.416 e. The number of nitrogens with one attached hydrogen (secondary N) is 2. The molecule has 34 heavy (non-hydrogen) atoms. The molecule has 0 radical (unpaired) electrons. The molecule has 1 unspecified atom stereocenters. The zero-order chi connectivity index (χ0) is 24.3. The third kappa shape index (κ3) is 5.39. The number of alkyl halides is 3. The van der Waals surface area contributed by atoms with Gasteiger partial charge in [0.25, 0.3) is 0 Å². The summed E-state index contributed by atoms with van der Waals surface area (Å²) in [7, 11) is 0. The van der Waals surface area contributed by atoms with E-state index >= 15 is 0 Å². The van der Waals surface area contributed by atoms with Crippen LogP contribution in [-0.4, -0.2) is 24.5 Å². The van der Waals surface area contributed by atoms with Crippen LogP contribution in [0.1, 0.15) is 24.0 Å². The number of amides is 3. The van der Waals surface area contributed by atoms with Crippen LogP contribution in [0.4, 0.5) is 29.3 Å². The molecule has 1 aliphatic rings. The van der Waals surface area contributed by atoms with E-state index in [4.69, 9.17) is 0 Å². The highest BCUT2D eigenvalue weighted by Gasteiger charge is 2.32. The first kappa shape index (κ1) is 23.4. The van der Waals surface area contributed by atoms with Gasteiger partial charge in [0, 0.05) is 17.9 Å². The number of piperidine rings is 1. The lowest BCUT2D eigenvalue weighted by Gasteiger charge is -2.32. The zero-order valence-corrected chi connectivity index (χ0v) is 18.5. The second-order valence-electron chi connectivity index (χ2n) is 8.27. The fourth-order valence-corrected chi connectivity index (χ4v) is 3.99. The lowest BCUT2D eigenvalue weighted by molar-refractivity contribution is -0.137. The van der Waals surface area contributed by atoms with Crippen molar-refractivity contribution < 1.29 is 22.8 Å². The van der Waals surface area contributed by atoms with Crippen LogP contribution in [0.2, 0.25) is 0 Å². The molecule has 0 spiro atoms. The van der Waals surface area contributed by atoms with Gasteiger partial charge in [0.1, 0.15) is 6.04 Å². The van der Waals surface area contributed by atoms with Crippen LogP contribution >= 0.6 is 0 Å². The second-order valence-corrected chi connectivity index (χ2v) is 8.27. The van der Waals surface area contributed by atoms with Crippen LogP contribution < -0.4 is 15.5 Å². The van der Waals surface area contributed by atoms with Gasteiger partial charge in [-0.25, -0.2) is 4.79 Å². The van der Waals surface area contributed by atoms with Gasteiger partial charge in [0.2, 0.25) is 5.91 Å². The van der Waals surface area contributed by atoms with Gasteiger partial charge in [-0.3, -0.25) is 4.79 Å². The van der Waals surface area contributed by atoms with Crippen LogP contribution in [0.3, 0.4) is 0 Å². The van der Waals surface area contributed by atoms with Crippen molar-refractivity contribution in [2.75, 3.05) is 16.8 Å². The number of halogens is 3. The van der Waals surface area contributed by atoms with Gasteiger partial charge in [0.15, 0.2) is 0 Å². The predicted octanol–water partition coefficient (Wildman–Crippen LogP) is 6.00. The number of hydrogen-bond donors (Lipinski definition) is 2. The van der Waals surface area contributed by atoms with Crippen molar-refractivity contribution in [3.8, 4) is 11.1 Å². The molecule has 1 saturated heterocycles. The average molecular weight is 467 g/mol. The molecule has 3 aromatic rings. The Morgan fingerprint density at radius 1 is 0.971 bits per heavy atom. The number of rotatable bonds is 4. The third-order valence-electron chi connectivity index (χ3n) is 5.74. The van der Waals surface area contributed by atoms with E-state index in [2.05, 4.69) is 16.7 Å². The van der Waals surface area contributed by atoms with Gasteiger partial charge in [0.05, 0.1) is 5.56 Å². The molecule has 2 N–H and O–H groups in total. The Hall–Kier alpha value is -3.81. The molecular weight excluding hydrogens is 443 g/mol. The Labute approximate surface area is 195 Å². The number of hydrogen-bond acceptors (Lipinski definition) is 2. The summed E-state index contributed by atoms with van der Waals surface area (Å²) in [4.78, 5) is 27.0. The van der Waals surface area contributed by atoms with Crippen LogP contribution in [-0.2, 0) is 11.0 Å². The van der Waals surface area contributed by atoms with Crippen molar-refractivity contribution >= 4 is 23.3 Å². The summed E-state index contributed by atoms with van der Waals surface area (Å²) in [6.07, 6.45) is -3.26. The van der Waals surface area contributed by atoms with E-state index in [-0.39, 0.29) is 11.6 Å². The highest BCUT2D eigenvalue weighted by atomic mass is 19.4. The van der Waals surface area contributed by atoms with E-state index < -0.39 is 23.8 Å². The summed E-state index contributed by atoms with van der Waals surface area (Å²) in [6, 6.07) is 18.6. The lowest BCUT2D eigenvalue weighted by Crippen LogP contribution is -2.53. The van der Waals surface area contributed by atoms with Crippen molar-refractivity contribution in [3.63, 3.8) is 0 Å². The maximum Gasteiger partial charge on any atom is 0.416 e. The number of urea groups is 1. The van der Waals surface area contributed by atoms with Crippen LogP contribution in [0, 0.1) is 6.92 Å². The van der Waals surface area contributed by atoms with Crippen molar-refractivity contribution in [2.45, 2.75) is 32.0 Å². The zero-order valence-electron chi connectivity index (χ0n) is 18.5. The van der Waals surface area contributed by atoms with Gasteiger partial charge >= 0.3 is 12.2 Å². The molecule has 1 fully saturated rings. The minimum atomic E-state index is -4.45. The van der Waals surface area contributed by atoms with Gasteiger partial charge < -0.3 is 15.5 Å². The van der Waals surface area contributed by atoms with Crippen molar-refractivity contribution in [3.05, 3.63) is 83.9 Å². The van der Waals surface area contributed by atoms with E-state index in [0.717, 1.165) is 34.5 Å². The molecular formula is C26H24F3N3O2. The molecule has 0 aromatic heterocycles.